The second-order valence-corrected chi connectivity index (χ2v) is 0.753. The van der Waals surface area contributed by atoms with Crippen LogP contribution in [0.25, 0.3) is 0 Å². The summed E-state index contributed by atoms with van der Waals surface area (Å²) in [5.41, 5.74) is 0. The molecule has 0 bridgehead atoms. The third kappa shape index (κ3) is 222. The molecule has 0 heterocycles. The fraction of sp³-hybridized carbons (Fsp3) is 0. The molecule has 0 saturated heterocycles. The number of hydrogen-bond donors (Lipinski definition) is 3. The van der Waals surface area contributed by atoms with Gasteiger partial charge in [-0.2, -0.15) is 0 Å². The van der Waals surface area contributed by atoms with Crippen molar-refractivity contribution < 1.29 is 121 Å². The minimum atomic E-state index is -0.812. The average Bonchev–Trinajstić information content (AvgIpc) is 1.70. The standard InChI is InChI=1S/3Co.La.Ni.3H2O.3O/h;;;;;3*1H2;;;/q3*+1;;;;;;;;/p-3. The first kappa shape index (κ1) is 29.2. The quantitative estimate of drug-likeness (QED) is 0.350. The van der Waals surface area contributed by atoms with Crippen molar-refractivity contribution in [1.82, 2.24) is 0 Å². The molecule has 0 fully saturated rings. The van der Waals surface area contributed by atoms with Crippen molar-refractivity contribution in [2.24, 2.45) is 0 Å². The van der Waals surface area contributed by atoms with Crippen LogP contribution in [0.1, 0.15) is 0 Å². The van der Waals surface area contributed by atoms with Gasteiger partial charge in [0, 0.05) is 52.1 Å². The topological polar surface area (TPSA) is 112 Å². The first-order valence-electron chi connectivity index (χ1n) is 0.855. The van der Waals surface area contributed by atoms with E-state index < -0.39 is 44.9 Å². The Kier molecular flexibility index (Phi) is 145. The predicted octanol–water partition coefficient (Wildman–Crippen LogP) is -2.04. The van der Waals surface area contributed by atoms with E-state index >= 15 is 0 Å². The van der Waals surface area contributed by atoms with Gasteiger partial charge >= 0.3 is 69.1 Å². The third-order valence-corrected chi connectivity index (χ3v) is 0. The van der Waals surface area contributed by atoms with E-state index in [-0.39, 0.29) is 52.1 Å². The monoisotopic (exact) mass is 473 g/mol. The van der Waals surface area contributed by atoms with Gasteiger partial charge in [-0.25, -0.2) is 0 Å². The Hall–Kier alpha value is 2.49. The Labute approximate surface area is 119 Å². The number of hydrogen-bond acceptors (Lipinski definition) is 3. The Balaban J connectivity index is -0.0000000150. The van der Waals surface area contributed by atoms with Gasteiger partial charge in [0.05, 0.1) is 0 Å². The SMILES string of the molecule is [La].[Ni].[O]=[Co][OH].[O]=[Co][OH].[O]=[Co][OH]. The molecule has 79 valence electrons. The van der Waals surface area contributed by atoms with Crippen LogP contribution in [0.5, 0.6) is 0 Å². The summed E-state index contributed by atoms with van der Waals surface area (Å²) >= 11 is -2.44. The summed E-state index contributed by atoms with van der Waals surface area (Å²) in [6.45, 7) is 0. The van der Waals surface area contributed by atoms with E-state index in [2.05, 4.69) is 0 Å². The van der Waals surface area contributed by atoms with Crippen LogP contribution in [0, 0.1) is 35.6 Å². The van der Waals surface area contributed by atoms with E-state index in [1.807, 2.05) is 0 Å². The van der Waals surface area contributed by atoms with Crippen LogP contribution in [0.4, 0.5) is 0 Å². The van der Waals surface area contributed by atoms with Crippen molar-refractivity contribution in [3.8, 4) is 0 Å². The molecule has 0 spiro atoms. The fourth-order valence-electron chi connectivity index (χ4n) is 0. The molecule has 0 amide bonds. The van der Waals surface area contributed by atoms with Crippen molar-refractivity contribution in [3.05, 3.63) is 0 Å². The van der Waals surface area contributed by atoms with Gasteiger partial charge in [-0.15, -0.1) is 0 Å². The molecule has 0 aliphatic heterocycles. The van der Waals surface area contributed by atoms with E-state index in [0.29, 0.717) is 0 Å². The molecule has 0 aromatic heterocycles. The zero-order chi connectivity index (χ0) is 8.12. The predicted molar refractivity (Wildman–Crippen MR) is 8.72 cm³/mol. The molecule has 1 radical (unpaired) electrons. The Morgan fingerprint density at radius 1 is 0.727 bits per heavy atom. The molecule has 0 saturated carbocycles. The van der Waals surface area contributed by atoms with E-state index in [0.717, 1.165) is 0 Å². The van der Waals surface area contributed by atoms with Gasteiger partial charge in [0.25, 0.3) is 0 Å². The van der Waals surface area contributed by atoms with E-state index in [4.69, 9.17) is 24.3 Å². The number of rotatable bonds is 0. The summed E-state index contributed by atoms with van der Waals surface area (Å²) in [4.78, 5) is 0. The van der Waals surface area contributed by atoms with Gasteiger partial charge in [-0.05, 0) is 0 Å². The average molecular weight is 473 g/mol. The summed E-state index contributed by atoms with van der Waals surface area (Å²) < 4.78 is 46.3. The summed E-state index contributed by atoms with van der Waals surface area (Å²) in [6.07, 6.45) is 0. The molecule has 11 heavy (non-hydrogen) atoms. The van der Waals surface area contributed by atoms with E-state index in [9.17, 15) is 0 Å². The van der Waals surface area contributed by atoms with Crippen molar-refractivity contribution >= 4 is 0 Å². The fourth-order valence-corrected chi connectivity index (χ4v) is 0. The molecular weight excluding hydrogens is 470 g/mol. The van der Waals surface area contributed by atoms with Gasteiger partial charge < -0.3 is 0 Å². The molecule has 0 atom stereocenters. The Bertz CT molecular complexity index is 54.6. The molecular formula is H3Co3LaNiO6. The maximum atomic E-state index is 8.45. The second kappa shape index (κ2) is 54.7. The van der Waals surface area contributed by atoms with E-state index in [1.54, 1.807) is 0 Å². The molecule has 0 aromatic carbocycles. The molecule has 6 nitrogen and oxygen atoms in total. The zero-order valence-corrected chi connectivity index (χ0v) is 12.2. The van der Waals surface area contributed by atoms with Crippen molar-refractivity contribution in [2.45, 2.75) is 0 Å². The summed E-state index contributed by atoms with van der Waals surface area (Å²) in [6, 6.07) is 0. The van der Waals surface area contributed by atoms with Crippen LogP contribution >= 0.6 is 0 Å². The van der Waals surface area contributed by atoms with Crippen molar-refractivity contribution in [3.63, 3.8) is 0 Å². The summed E-state index contributed by atoms with van der Waals surface area (Å²) in [5.74, 6) is 0. The summed E-state index contributed by atoms with van der Waals surface area (Å²) in [5, 5.41) is 0. The molecule has 3 N–H and O–H groups in total. The van der Waals surface area contributed by atoms with Gasteiger partial charge in [0.2, 0.25) is 0 Å². The first-order valence-corrected chi connectivity index (χ1v) is 3.53. The van der Waals surface area contributed by atoms with Crippen LogP contribution in [-0.2, 0) is 72.9 Å². The van der Waals surface area contributed by atoms with E-state index in [1.165, 1.54) is 0 Å². The maximum absolute atomic E-state index is 8.45. The van der Waals surface area contributed by atoms with Gasteiger partial charge in [-0.3, -0.25) is 0 Å². The van der Waals surface area contributed by atoms with Crippen LogP contribution in [0.2, 0.25) is 0 Å². The first-order chi connectivity index (χ1) is 4.24. The van der Waals surface area contributed by atoms with Crippen LogP contribution in [-0.4, -0.2) is 12.7 Å². The van der Waals surface area contributed by atoms with Crippen LogP contribution < -0.4 is 0 Å². The minimum absolute atomic E-state index is 0. The molecule has 0 aliphatic carbocycles. The van der Waals surface area contributed by atoms with Gasteiger partial charge in [-0.1, -0.05) is 0 Å². The Morgan fingerprint density at radius 3 is 0.727 bits per heavy atom. The molecule has 0 aromatic rings. The van der Waals surface area contributed by atoms with Crippen molar-refractivity contribution in [1.29, 1.82) is 0 Å². The normalized spacial score (nSPS) is 5.73. The van der Waals surface area contributed by atoms with Gasteiger partial charge in [0.1, 0.15) is 0 Å². The van der Waals surface area contributed by atoms with Crippen LogP contribution in [0.15, 0.2) is 0 Å². The second-order valence-electron chi connectivity index (χ2n) is 0.183. The molecule has 0 rings (SSSR count). The van der Waals surface area contributed by atoms with Crippen molar-refractivity contribution in [2.75, 3.05) is 0 Å². The van der Waals surface area contributed by atoms with Gasteiger partial charge in [0.15, 0.2) is 0 Å². The van der Waals surface area contributed by atoms with Crippen LogP contribution in [0.3, 0.4) is 0 Å². The molecule has 0 aliphatic rings. The zero-order valence-electron chi connectivity index (χ0n) is 4.46. The third-order valence-electron chi connectivity index (χ3n) is 0. The molecule has 11 heteroatoms. The Morgan fingerprint density at radius 2 is 0.727 bits per heavy atom. The molecule has 0 unspecified atom stereocenters. The summed E-state index contributed by atoms with van der Waals surface area (Å²) in [7, 11) is 0.